The molecule has 0 saturated carbocycles. The van der Waals surface area contributed by atoms with Gasteiger partial charge < -0.3 is 10.0 Å². The summed E-state index contributed by atoms with van der Waals surface area (Å²) in [6, 6.07) is 11.8. The van der Waals surface area contributed by atoms with E-state index in [1.165, 1.54) is 0 Å². The normalized spacial score (nSPS) is 11.3. The zero-order valence-corrected chi connectivity index (χ0v) is 15.4. The fourth-order valence-electron chi connectivity index (χ4n) is 3.46. The molecule has 0 saturated heterocycles. The van der Waals surface area contributed by atoms with Gasteiger partial charge in [0.1, 0.15) is 0 Å². The maximum atomic E-state index is 11.9. The van der Waals surface area contributed by atoms with Gasteiger partial charge >= 0.3 is 0 Å². The quantitative estimate of drug-likeness (QED) is 0.618. The molecule has 3 rings (SSSR count). The van der Waals surface area contributed by atoms with E-state index in [2.05, 4.69) is 18.7 Å². The zero-order valence-electron chi connectivity index (χ0n) is 15.4. The van der Waals surface area contributed by atoms with Gasteiger partial charge in [0.05, 0.1) is 5.56 Å². The number of benzene rings is 2. The van der Waals surface area contributed by atoms with Crippen molar-refractivity contribution in [2.45, 2.75) is 39.5 Å². The molecule has 0 aromatic heterocycles. The number of unbranched alkanes of at least 4 members (excludes halogenated alkanes) is 2. The van der Waals surface area contributed by atoms with Crippen LogP contribution in [0.2, 0.25) is 0 Å². The number of fused-ring (bicyclic) bond motifs is 1. The Kier molecular flexibility index (Phi) is 5.40. The lowest BCUT2D eigenvalue weighted by molar-refractivity contribution is 0.465. The summed E-state index contributed by atoms with van der Waals surface area (Å²) < 4.78 is 0. The number of hydrogen-bond donors (Lipinski definition) is 1. The predicted molar refractivity (Wildman–Crippen MR) is 108 cm³/mol. The van der Waals surface area contributed by atoms with Gasteiger partial charge in [-0.05, 0) is 29.9 Å². The first-order valence-electron chi connectivity index (χ1n) is 9.39. The lowest BCUT2D eigenvalue weighted by Gasteiger charge is -2.27. The molecule has 26 heavy (non-hydrogen) atoms. The third-order valence-electron chi connectivity index (χ3n) is 4.96. The molecule has 0 aliphatic carbocycles. The van der Waals surface area contributed by atoms with Gasteiger partial charge in [-0.25, -0.2) is 0 Å². The van der Waals surface area contributed by atoms with Crippen LogP contribution in [0.25, 0.3) is 21.9 Å². The van der Waals surface area contributed by atoms with Gasteiger partial charge in [0.25, 0.3) is 5.43 Å². The first-order valence-corrected chi connectivity index (χ1v) is 9.39. The van der Waals surface area contributed by atoms with E-state index >= 15 is 0 Å². The minimum absolute atomic E-state index is 0.145. The fraction of sp³-hybridized carbons (Fsp3) is 0.364. The monoisotopic (exact) mass is 351 g/mol. The Morgan fingerprint density at radius 1 is 0.846 bits per heavy atom. The SMILES string of the molecule is CCCCN(CCCC)c1ccc(-c2c(O)c(=O)c2=O)c2ccccc12. The molecule has 3 aromatic rings. The third-order valence-corrected chi connectivity index (χ3v) is 4.96. The van der Waals surface area contributed by atoms with E-state index in [9.17, 15) is 14.7 Å². The van der Waals surface area contributed by atoms with Crippen molar-refractivity contribution in [2.75, 3.05) is 18.0 Å². The van der Waals surface area contributed by atoms with Crippen LogP contribution in [0.15, 0.2) is 46.0 Å². The van der Waals surface area contributed by atoms with Crippen LogP contribution in [0.5, 0.6) is 5.75 Å². The van der Waals surface area contributed by atoms with Crippen LogP contribution in [0, 0.1) is 0 Å². The van der Waals surface area contributed by atoms with E-state index in [1.807, 2.05) is 36.4 Å². The Morgan fingerprint density at radius 3 is 2.04 bits per heavy atom. The molecule has 0 fully saturated rings. The van der Waals surface area contributed by atoms with E-state index in [-0.39, 0.29) is 5.56 Å². The molecule has 3 aromatic carbocycles. The number of hydrogen-bond acceptors (Lipinski definition) is 4. The third kappa shape index (κ3) is 3.12. The first-order chi connectivity index (χ1) is 12.6. The summed E-state index contributed by atoms with van der Waals surface area (Å²) in [7, 11) is 0. The van der Waals surface area contributed by atoms with Gasteiger partial charge in [-0.2, -0.15) is 0 Å². The highest BCUT2D eigenvalue weighted by molar-refractivity contribution is 6.05. The van der Waals surface area contributed by atoms with Crippen molar-refractivity contribution < 1.29 is 5.11 Å². The summed E-state index contributed by atoms with van der Waals surface area (Å²) in [5.74, 6) is -0.415. The van der Waals surface area contributed by atoms with Crippen molar-refractivity contribution in [3.05, 3.63) is 56.8 Å². The van der Waals surface area contributed by atoms with Crippen molar-refractivity contribution in [2.24, 2.45) is 0 Å². The first kappa shape index (κ1) is 18.2. The lowest BCUT2D eigenvalue weighted by Crippen LogP contribution is -2.32. The fourth-order valence-corrected chi connectivity index (χ4v) is 3.46. The summed E-state index contributed by atoms with van der Waals surface area (Å²) >= 11 is 0. The van der Waals surface area contributed by atoms with Gasteiger partial charge in [-0.15, -0.1) is 0 Å². The average molecular weight is 351 g/mol. The summed E-state index contributed by atoms with van der Waals surface area (Å²) in [6.07, 6.45) is 4.52. The summed E-state index contributed by atoms with van der Waals surface area (Å²) in [5, 5.41) is 11.8. The van der Waals surface area contributed by atoms with E-state index in [1.54, 1.807) is 0 Å². The summed E-state index contributed by atoms with van der Waals surface area (Å²) in [5.41, 5.74) is 0.531. The predicted octanol–water partition coefficient (Wildman–Crippen LogP) is 4.22. The summed E-state index contributed by atoms with van der Waals surface area (Å²) in [6.45, 7) is 6.36. The lowest BCUT2D eigenvalue weighted by atomic mass is 9.93. The van der Waals surface area contributed by atoms with Crippen LogP contribution in [0.4, 0.5) is 5.69 Å². The molecule has 0 aliphatic heterocycles. The van der Waals surface area contributed by atoms with Crippen LogP contribution >= 0.6 is 0 Å². The minimum Gasteiger partial charge on any atom is -0.503 e. The maximum Gasteiger partial charge on any atom is 0.268 e. The molecule has 0 heterocycles. The van der Waals surface area contributed by atoms with Crippen molar-refractivity contribution in [1.82, 2.24) is 0 Å². The standard InChI is InChI=1S/C22H25NO3/c1-3-5-13-23(14-6-4-2)18-12-11-17(15-9-7-8-10-16(15)18)19-20(24)22(26)21(19)25/h7-12,24H,3-6,13-14H2,1-2H3. The van der Waals surface area contributed by atoms with Crippen molar-refractivity contribution >= 4 is 16.5 Å². The largest absolute Gasteiger partial charge is 0.503 e. The van der Waals surface area contributed by atoms with Gasteiger partial charge in [0, 0.05) is 24.2 Å². The van der Waals surface area contributed by atoms with Crippen molar-refractivity contribution in [3.8, 4) is 16.9 Å². The number of aromatic hydroxyl groups is 1. The molecular weight excluding hydrogens is 326 g/mol. The molecule has 4 nitrogen and oxygen atoms in total. The molecular formula is C22H25NO3. The average Bonchev–Trinajstić information content (AvgIpc) is 2.68. The van der Waals surface area contributed by atoms with E-state index < -0.39 is 16.6 Å². The van der Waals surface area contributed by atoms with Gasteiger partial charge in [-0.1, -0.05) is 57.0 Å². The van der Waals surface area contributed by atoms with E-state index in [0.29, 0.717) is 5.56 Å². The van der Waals surface area contributed by atoms with Crippen LogP contribution in [0.1, 0.15) is 39.5 Å². The molecule has 0 radical (unpaired) electrons. The molecule has 0 atom stereocenters. The smallest absolute Gasteiger partial charge is 0.268 e. The van der Waals surface area contributed by atoms with E-state index in [4.69, 9.17) is 0 Å². The second-order valence-corrected chi connectivity index (χ2v) is 6.75. The van der Waals surface area contributed by atoms with Gasteiger partial charge in [-0.3, -0.25) is 9.59 Å². The number of rotatable bonds is 8. The molecule has 0 spiro atoms. The van der Waals surface area contributed by atoms with Crippen LogP contribution in [0.3, 0.4) is 0 Å². The molecule has 0 bridgehead atoms. The number of nitrogens with zero attached hydrogens (tertiary/aromatic N) is 1. The Bertz CT molecular complexity index is 975. The van der Waals surface area contributed by atoms with Crippen molar-refractivity contribution in [3.63, 3.8) is 0 Å². The molecule has 0 aliphatic rings. The Balaban J connectivity index is 2.13. The summed E-state index contributed by atoms with van der Waals surface area (Å²) in [4.78, 5) is 25.8. The van der Waals surface area contributed by atoms with Crippen molar-refractivity contribution in [1.29, 1.82) is 0 Å². The molecule has 0 unspecified atom stereocenters. The maximum absolute atomic E-state index is 11.9. The Morgan fingerprint density at radius 2 is 1.46 bits per heavy atom. The second-order valence-electron chi connectivity index (χ2n) is 6.75. The highest BCUT2D eigenvalue weighted by Gasteiger charge is 2.24. The molecule has 1 N–H and O–H groups in total. The van der Waals surface area contributed by atoms with Crippen LogP contribution in [-0.2, 0) is 0 Å². The molecule has 4 heteroatoms. The Labute approximate surface area is 153 Å². The number of anilines is 1. The van der Waals surface area contributed by atoms with Gasteiger partial charge in [0.2, 0.25) is 5.43 Å². The molecule has 136 valence electrons. The van der Waals surface area contributed by atoms with Crippen LogP contribution in [-0.4, -0.2) is 18.2 Å². The molecule has 0 amide bonds. The highest BCUT2D eigenvalue weighted by Crippen LogP contribution is 2.36. The Hall–Kier alpha value is -2.62. The van der Waals surface area contributed by atoms with Gasteiger partial charge in [0.15, 0.2) is 5.75 Å². The topological polar surface area (TPSA) is 57.6 Å². The second kappa shape index (κ2) is 7.73. The highest BCUT2D eigenvalue weighted by atomic mass is 16.3. The van der Waals surface area contributed by atoms with Crippen LogP contribution < -0.4 is 15.8 Å². The minimum atomic E-state index is -0.791. The zero-order chi connectivity index (χ0) is 18.7. The van der Waals surface area contributed by atoms with E-state index in [0.717, 1.165) is 55.2 Å².